The summed E-state index contributed by atoms with van der Waals surface area (Å²) in [5, 5.41) is 10.7. The van der Waals surface area contributed by atoms with Gasteiger partial charge in [0.1, 0.15) is 17.2 Å². The average molecular weight is 483 g/mol. The molecule has 0 bridgehead atoms. The van der Waals surface area contributed by atoms with E-state index in [0.717, 1.165) is 6.07 Å². The molecule has 0 unspecified atom stereocenters. The van der Waals surface area contributed by atoms with Crippen LogP contribution >= 0.6 is 0 Å². The molecule has 0 aliphatic carbocycles. The first-order valence-electron chi connectivity index (χ1n) is 11.1. The Labute approximate surface area is 206 Å². The lowest BCUT2D eigenvalue weighted by Gasteiger charge is -2.14. The molecule has 0 spiro atoms. The molecule has 0 saturated carbocycles. The minimum absolute atomic E-state index is 0.0206. The summed E-state index contributed by atoms with van der Waals surface area (Å²) in [7, 11) is 1.67. The summed E-state index contributed by atoms with van der Waals surface area (Å²) in [4.78, 5) is 0. The fourth-order valence-corrected chi connectivity index (χ4v) is 4.17. The predicted octanol–water partition coefficient (Wildman–Crippen LogP) is 7.76. The number of ether oxygens (including phenoxy) is 1. The van der Waals surface area contributed by atoms with E-state index in [1.807, 2.05) is 30.3 Å². The van der Waals surface area contributed by atoms with Gasteiger partial charge in [-0.2, -0.15) is 13.2 Å². The van der Waals surface area contributed by atoms with E-state index in [4.69, 9.17) is 4.74 Å². The van der Waals surface area contributed by atoms with Gasteiger partial charge in [-0.3, -0.25) is 0 Å². The highest BCUT2D eigenvalue weighted by Crippen LogP contribution is 2.41. The van der Waals surface area contributed by atoms with Gasteiger partial charge in [-0.15, -0.1) is 0 Å². The van der Waals surface area contributed by atoms with Gasteiger partial charge in [0.15, 0.2) is 0 Å². The highest BCUT2D eigenvalue weighted by atomic mass is 19.4. The van der Waals surface area contributed by atoms with E-state index in [1.54, 1.807) is 48.0 Å². The summed E-state index contributed by atoms with van der Waals surface area (Å²) in [5.74, 6) is 7.55. The summed E-state index contributed by atoms with van der Waals surface area (Å²) >= 11 is 0. The van der Waals surface area contributed by atoms with Gasteiger partial charge in [0.25, 0.3) is 0 Å². The lowest BCUT2D eigenvalue weighted by atomic mass is 9.99. The zero-order valence-corrected chi connectivity index (χ0v) is 19.2. The van der Waals surface area contributed by atoms with Crippen molar-refractivity contribution >= 4 is 10.9 Å². The number of rotatable bonds is 3. The molecule has 0 aliphatic rings. The van der Waals surface area contributed by atoms with E-state index >= 15 is 0 Å². The molecule has 1 aromatic heterocycles. The van der Waals surface area contributed by atoms with Crippen LogP contribution in [0.15, 0.2) is 97.1 Å². The zero-order valence-electron chi connectivity index (χ0n) is 19.2. The number of hydrogen-bond acceptors (Lipinski definition) is 2. The summed E-state index contributed by atoms with van der Waals surface area (Å²) < 4.78 is 49.0. The van der Waals surface area contributed by atoms with Crippen LogP contribution in [-0.4, -0.2) is 9.67 Å². The summed E-state index contributed by atoms with van der Waals surface area (Å²) in [5.41, 5.74) is 1.33. The molecule has 1 heterocycles. The number of hydrogen-bond donors (Lipinski definition) is 1. The van der Waals surface area contributed by atoms with Gasteiger partial charge in [-0.1, -0.05) is 48.2 Å². The summed E-state index contributed by atoms with van der Waals surface area (Å²) in [6.45, 7) is 0. The third-order valence-electron chi connectivity index (χ3n) is 5.84. The van der Waals surface area contributed by atoms with Crippen molar-refractivity contribution in [3.05, 3.63) is 114 Å². The molecule has 0 aliphatic heterocycles. The van der Waals surface area contributed by atoms with Crippen molar-refractivity contribution in [1.29, 1.82) is 0 Å². The van der Waals surface area contributed by atoms with Crippen molar-refractivity contribution in [2.45, 2.75) is 6.18 Å². The molecule has 5 rings (SSSR count). The average Bonchev–Trinajstić information content (AvgIpc) is 3.14. The van der Waals surface area contributed by atoms with Crippen LogP contribution in [0.3, 0.4) is 0 Å². The van der Waals surface area contributed by atoms with Crippen molar-refractivity contribution in [3.8, 4) is 40.3 Å². The van der Waals surface area contributed by atoms with Gasteiger partial charge in [-0.05, 0) is 54.6 Å². The number of aromatic hydroxyl groups is 1. The molecule has 0 radical (unpaired) electrons. The van der Waals surface area contributed by atoms with Crippen LogP contribution in [0.1, 0.15) is 16.7 Å². The van der Waals surface area contributed by atoms with E-state index in [1.165, 1.54) is 24.3 Å². The Morgan fingerprint density at radius 2 is 1.44 bits per heavy atom. The second-order valence-electron chi connectivity index (χ2n) is 8.22. The molecule has 6 heteroatoms. The first kappa shape index (κ1) is 23.1. The smallest absolute Gasteiger partial charge is 0.417 e. The summed E-state index contributed by atoms with van der Waals surface area (Å²) in [6, 6.07) is 26.7. The Bertz CT molecular complexity index is 1610. The normalized spacial score (nSPS) is 11.2. The molecule has 3 nitrogen and oxygen atoms in total. The third-order valence-corrected chi connectivity index (χ3v) is 5.84. The van der Waals surface area contributed by atoms with Gasteiger partial charge in [0.2, 0.25) is 0 Å². The highest BCUT2D eigenvalue weighted by Gasteiger charge is 2.34. The van der Waals surface area contributed by atoms with Crippen LogP contribution in [0.2, 0.25) is 0 Å². The van der Waals surface area contributed by atoms with Crippen LogP contribution in [-0.2, 0) is 13.2 Å². The minimum atomic E-state index is -4.53. The first-order chi connectivity index (χ1) is 17.3. The number of halogens is 3. The second kappa shape index (κ2) is 9.20. The van der Waals surface area contributed by atoms with Crippen molar-refractivity contribution in [2.75, 3.05) is 0 Å². The van der Waals surface area contributed by atoms with Crippen LogP contribution in [0.5, 0.6) is 17.2 Å². The fourth-order valence-electron chi connectivity index (χ4n) is 4.17. The number of fused-ring (bicyclic) bond motifs is 1. The molecule has 36 heavy (non-hydrogen) atoms. The number of benzene rings is 4. The Hall–Kier alpha value is -4.63. The van der Waals surface area contributed by atoms with Crippen molar-refractivity contribution < 1.29 is 23.0 Å². The van der Waals surface area contributed by atoms with Crippen molar-refractivity contribution in [2.24, 2.45) is 7.05 Å². The van der Waals surface area contributed by atoms with E-state index in [9.17, 15) is 18.3 Å². The van der Waals surface area contributed by atoms with E-state index in [2.05, 4.69) is 11.8 Å². The maximum atomic E-state index is 13.9. The van der Waals surface area contributed by atoms with Crippen LogP contribution in [0.4, 0.5) is 13.2 Å². The molecular formula is C30H20F3NO2. The largest absolute Gasteiger partial charge is 0.508 e. The third kappa shape index (κ3) is 4.51. The first-order valence-corrected chi connectivity index (χ1v) is 11.1. The predicted molar refractivity (Wildman–Crippen MR) is 134 cm³/mol. The maximum Gasteiger partial charge on any atom is 0.417 e. The number of phenols is 1. The van der Waals surface area contributed by atoms with Crippen molar-refractivity contribution in [3.63, 3.8) is 0 Å². The minimum Gasteiger partial charge on any atom is -0.508 e. The Balaban J connectivity index is 1.60. The SMILES string of the molecule is Cn1c(-c2ccccc2C(F)(F)F)c(C#Cc2ccc(Oc3ccccc3)cc2)c2ccc(O)cc21. The maximum absolute atomic E-state index is 13.9. The molecule has 0 saturated heterocycles. The lowest BCUT2D eigenvalue weighted by molar-refractivity contribution is -0.137. The van der Waals surface area contributed by atoms with Crippen molar-refractivity contribution in [1.82, 2.24) is 4.57 Å². The molecule has 0 fully saturated rings. The molecule has 0 amide bonds. The molecule has 5 aromatic rings. The standard InChI is InChI=1S/C30H20F3NO2/c1-34-28-19-21(35)14-18-24(28)25(29(34)26-9-5-6-10-27(26)30(31,32)33)17-13-20-11-15-23(16-12-20)36-22-7-3-2-4-8-22/h2-12,14-16,18-19,35H,1H3. The Kier molecular flexibility index (Phi) is 5.91. The topological polar surface area (TPSA) is 34.4 Å². The zero-order chi connectivity index (χ0) is 25.3. The molecule has 178 valence electrons. The molecule has 1 N–H and O–H groups in total. The number of nitrogens with zero attached hydrogens (tertiary/aromatic N) is 1. The number of para-hydroxylation sites is 1. The second-order valence-corrected chi connectivity index (χ2v) is 8.22. The van der Waals surface area contributed by atoms with Gasteiger partial charge in [0.05, 0.1) is 22.3 Å². The monoisotopic (exact) mass is 483 g/mol. The van der Waals surface area contributed by atoms with Crippen LogP contribution in [0.25, 0.3) is 22.2 Å². The van der Waals surface area contributed by atoms with Gasteiger partial charge in [-0.25, -0.2) is 0 Å². The lowest BCUT2D eigenvalue weighted by Crippen LogP contribution is -2.08. The summed E-state index contributed by atoms with van der Waals surface area (Å²) in [6.07, 6.45) is -4.53. The van der Waals surface area contributed by atoms with Crippen LogP contribution in [0, 0.1) is 11.8 Å². The van der Waals surface area contributed by atoms with E-state index < -0.39 is 11.7 Å². The molecule has 0 atom stereocenters. The van der Waals surface area contributed by atoms with Gasteiger partial charge in [0, 0.05) is 29.6 Å². The Morgan fingerprint density at radius 3 is 2.17 bits per heavy atom. The van der Waals surface area contributed by atoms with Gasteiger partial charge < -0.3 is 14.4 Å². The van der Waals surface area contributed by atoms with Gasteiger partial charge >= 0.3 is 6.18 Å². The van der Waals surface area contributed by atoms with Crippen LogP contribution < -0.4 is 4.74 Å². The number of aryl methyl sites for hydroxylation is 1. The van der Waals surface area contributed by atoms with E-state index in [0.29, 0.717) is 39.2 Å². The number of aromatic nitrogens is 1. The number of phenolic OH excluding ortho intramolecular Hbond substituents is 1. The Morgan fingerprint density at radius 1 is 0.778 bits per heavy atom. The van der Waals surface area contributed by atoms with E-state index in [-0.39, 0.29) is 11.3 Å². The highest BCUT2D eigenvalue weighted by molar-refractivity contribution is 5.96. The quantitative estimate of drug-likeness (QED) is 0.266. The fraction of sp³-hybridized carbons (Fsp3) is 0.0667. The number of alkyl halides is 3. The molecular weight excluding hydrogens is 463 g/mol. The molecule has 4 aromatic carbocycles.